The minimum Gasteiger partial charge on any atom is -0.372 e. The largest absolute Gasteiger partial charge is 0.553 e. The fraction of sp³-hybridized carbons (Fsp3) is 0.377. The van der Waals surface area contributed by atoms with Crippen molar-refractivity contribution in [3.8, 4) is 0 Å². The average molecular weight is 1250 g/mol. The number of allylic oxidation sites excluding steroid dienone is 4. The van der Waals surface area contributed by atoms with Crippen LogP contribution in [0.2, 0.25) is 0 Å². The topological polar surface area (TPSA) is 169 Å². The molecule has 8 heterocycles. The Balaban J connectivity index is 1.33. The molecular formula is C77H88N8O8+2. The Morgan fingerprint density at radius 2 is 0.710 bits per heavy atom. The number of carbonyl (C=O) groups is 4. The van der Waals surface area contributed by atoms with Gasteiger partial charge in [0, 0.05) is 63.9 Å². The van der Waals surface area contributed by atoms with E-state index in [9.17, 15) is 19.2 Å². The molecule has 1 spiro atoms. The van der Waals surface area contributed by atoms with Gasteiger partial charge in [-0.05, 0) is 131 Å². The second kappa shape index (κ2) is 22.7. The van der Waals surface area contributed by atoms with Crippen LogP contribution in [0.25, 0.3) is 22.3 Å². The highest BCUT2D eigenvalue weighted by Crippen LogP contribution is 2.56. The molecule has 6 aliphatic rings. The van der Waals surface area contributed by atoms with Crippen molar-refractivity contribution in [2.75, 3.05) is 49.7 Å². The Hall–Kier alpha value is -8.80. The quantitative estimate of drug-likeness (QED) is 0.0694. The van der Waals surface area contributed by atoms with E-state index in [0.29, 0.717) is 33.9 Å². The van der Waals surface area contributed by atoms with Gasteiger partial charge >= 0.3 is 5.91 Å². The summed E-state index contributed by atoms with van der Waals surface area (Å²) in [5, 5.41) is 14.7. The van der Waals surface area contributed by atoms with Crippen LogP contribution in [0.5, 0.6) is 0 Å². The van der Waals surface area contributed by atoms with Crippen molar-refractivity contribution in [1.82, 2.24) is 9.13 Å². The van der Waals surface area contributed by atoms with Crippen LogP contribution in [0.1, 0.15) is 167 Å². The first-order chi connectivity index (χ1) is 43.8. The lowest BCUT2D eigenvalue weighted by molar-refractivity contribution is -0.834. The number of hydrogen-bond acceptors (Lipinski definition) is 8. The third kappa shape index (κ3) is 10.3. The Labute approximate surface area is 545 Å². The molecule has 0 radical (unpaired) electrons. The van der Waals surface area contributed by atoms with E-state index in [1.54, 1.807) is 27.7 Å². The summed E-state index contributed by atoms with van der Waals surface area (Å²) in [6.07, 6.45) is 5.49. The fourth-order valence-electron chi connectivity index (χ4n) is 13.5. The number of amides is 4. The van der Waals surface area contributed by atoms with Gasteiger partial charge < -0.3 is 40.2 Å². The van der Waals surface area contributed by atoms with E-state index in [1.807, 2.05) is 36.4 Å². The molecule has 5 atom stereocenters. The number of nitrogens with one attached hydrogen (secondary N) is 4. The van der Waals surface area contributed by atoms with E-state index < -0.39 is 30.3 Å². The molecule has 0 bridgehead atoms. The maximum absolute atomic E-state index is 14.4. The number of ether oxygens (including phenoxy) is 4. The standard InChI is InChI=1S/C77H86N8O8/c1-41(90-17)69(86)78-51-23-21-24-52(79-70(87)42(2)91-18)65(51)67-59-31-27-55-63(45-35-47(73(5,6)7)39-48(36-45)74(8,9)10)57-29-33-61-68(66-53(80-71(88)43(3)92-19)25-22-26-54(66)81-72(89)44(4)93-20)62-34-30-58-64(46-37-49(75(11,12)13)40-50(38-46)76(14,15)16)56-28-32-60(67)83(56)77(82(55)59,84(57)61)85(58)62/h21-44H,1-20H3,(H2-,78,79,80,81,86,87,88,89)/p+2/t41-,42-,43-,44-,77?/m0/s1. The molecule has 4 amide bonds. The van der Waals surface area contributed by atoms with E-state index in [-0.39, 0.29) is 45.3 Å². The van der Waals surface area contributed by atoms with Gasteiger partial charge in [-0.15, -0.1) is 0 Å². The van der Waals surface area contributed by atoms with Crippen molar-refractivity contribution in [2.45, 2.75) is 163 Å². The van der Waals surface area contributed by atoms with Crippen molar-refractivity contribution in [3.05, 3.63) is 199 Å². The predicted molar refractivity (Wildman–Crippen MR) is 368 cm³/mol. The molecule has 2 aromatic heterocycles. The van der Waals surface area contributed by atoms with Crippen molar-refractivity contribution in [3.63, 3.8) is 0 Å². The van der Waals surface area contributed by atoms with Crippen molar-refractivity contribution < 1.29 is 47.3 Å². The summed E-state index contributed by atoms with van der Waals surface area (Å²) in [4.78, 5) is 57.6. The number of nitrogens with zero attached hydrogens (tertiary/aromatic N) is 4. The highest BCUT2D eigenvalue weighted by molar-refractivity contribution is 6.32. The number of aromatic nitrogens is 2. The monoisotopic (exact) mass is 1250 g/mol. The molecule has 4 N–H and O–H groups in total. The summed E-state index contributed by atoms with van der Waals surface area (Å²) in [5.41, 5.74) is 17.1. The summed E-state index contributed by atoms with van der Waals surface area (Å²) in [6, 6.07) is 34.0. The lowest BCUT2D eigenvalue weighted by atomic mass is 9.78. The van der Waals surface area contributed by atoms with Gasteiger partial charge in [-0.2, -0.15) is 9.13 Å². The Morgan fingerprint density at radius 3 is 1.06 bits per heavy atom. The van der Waals surface area contributed by atoms with Gasteiger partial charge in [0.1, 0.15) is 24.4 Å². The third-order valence-corrected chi connectivity index (χ3v) is 19.2. The predicted octanol–water partition coefficient (Wildman–Crippen LogP) is 11.5. The zero-order valence-electron chi connectivity index (χ0n) is 57.4. The van der Waals surface area contributed by atoms with E-state index in [1.165, 1.54) is 50.7 Å². The Kier molecular flexibility index (Phi) is 15.7. The molecule has 1 unspecified atom stereocenters. The normalized spacial score (nSPS) is 18.2. The SMILES string of the molecule is CO[C@@H](C)C(=O)Nc1cccc(NC(=O)[C@H](C)OC)c1C1=C2C=CC3=[N+]2C24n5c(ccc51)C(c1cc(C(C)(C)C)cc(C(C)(C)C)c1)=C1C=CC(=[N+]12)C(c1c(NC(=O)[C@H](C)OC)cccc1NC(=O)[C@H](C)OC)=c1ccc(n14)=C3c1cc(C(C)(C)C)cc(C(C)(C)C)c1. The lowest BCUT2D eigenvalue weighted by Gasteiger charge is -2.41. The number of benzene rings is 4. The van der Waals surface area contributed by atoms with Crippen molar-refractivity contribution >= 4 is 80.1 Å². The van der Waals surface area contributed by atoms with E-state index in [2.05, 4.69) is 208 Å². The molecule has 12 rings (SSSR count). The summed E-state index contributed by atoms with van der Waals surface area (Å²) in [5.74, 6) is -2.85. The molecule has 93 heavy (non-hydrogen) atoms. The molecule has 0 aliphatic carbocycles. The highest BCUT2D eigenvalue weighted by Gasteiger charge is 2.73. The van der Waals surface area contributed by atoms with Gasteiger partial charge in [0.2, 0.25) is 22.8 Å². The van der Waals surface area contributed by atoms with Crippen LogP contribution in [0, 0.1) is 0 Å². The van der Waals surface area contributed by atoms with Crippen LogP contribution < -0.4 is 32.0 Å². The smallest absolute Gasteiger partial charge is 0.372 e. The van der Waals surface area contributed by atoms with E-state index in [0.717, 1.165) is 78.3 Å². The lowest BCUT2D eigenvalue weighted by Crippen LogP contribution is -2.71. The van der Waals surface area contributed by atoms with Crippen molar-refractivity contribution in [2.24, 2.45) is 0 Å². The first-order valence-electron chi connectivity index (χ1n) is 32.1. The van der Waals surface area contributed by atoms with Gasteiger partial charge in [0.15, 0.2) is 0 Å². The number of hydrogen-bond donors (Lipinski definition) is 4. The molecule has 6 aromatic rings. The van der Waals surface area contributed by atoms with Gasteiger partial charge in [-0.1, -0.05) is 141 Å². The average Bonchev–Trinajstić information content (AvgIpc) is 1.53. The first kappa shape index (κ1) is 64.3. The second-order valence-electron chi connectivity index (χ2n) is 29.4. The Bertz CT molecular complexity index is 4440. The maximum atomic E-state index is 14.4. The summed E-state index contributed by atoms with van der Waals surface area (Å²) < 4.78 is 32.4. The molecule has 0 fully saturated rings. The van der Waals surface area contributed by atoms with Gasteiger partial charge in [0.05, 0.1) is 67.1 Å². The molecule has 4 aromatic carbocycles. The summed E-state index contributed by atoms with van der Waals surface area (Å²) >= 11 is 0. The third-order valence-electron chi connectivity index (χ3n) is 19.2. The zero-order valence-corrected chi connectivity index (χ0v) is 57.4. The first-order valence-corrected chi connectivity index (χ1v) is 32.1. The molecule has 6 aliphatic heterocycles. The second-order valence-corrected chi connectivity index (χ2v) is 29.4. The van der Waals surface area contributed by atoms with Crippen LogP contribution in [0.4, 0.5) is 22.7 Å². The van der Waals surface area contributed by atoms with Crippen LogP contribution in [-0.2, 0) is 65.7 Å². The van der Waals surface area contributed by atoms with Crippen molar-refractivity contribution in [1.29, 1.82) is 0 Å². The Morgan fingerprint density at radius 1 is 0.398 bits per heavy atom. The van der Waals surface area contributed by atoms with E-state index >= 15 is 0 Å². The summed E-state index contributed by atoms with van der Waals surface area (Å²) in [7, 11) is 6.02. The van der Waals surface area contributed by atoms with Crippen LogP contribution in [-0.4, -0.2) is 106 Å². The minimum absolute atomic E-state index is 0.257. The molecule has 0 saturated heterocycles. The molecule has 16 heteroatoms. The molecule has 16 nitrogen and oxygen atoms in total. The number of rotatable bonds is 16. The van der Waals surface area contributed by atoms with Gasteiger partial charge in [0.25, 0.3) is 23.6 Å². The van der Waals surface area contributed by atoms with Crippen LogP contribution in [0.3, 0.4) is 0 Å². The summed E-state index contributed by atoms with van der Waals surface area (Å²) in [6.45, 7) is 33.8. The van der Waals surface area contributed by atoms with Gasteiger partial charge in [-0.25, -0.2) is 0 Å². The number of anilines is 4. The highest BCUT2D eigenvalue weighted by atomic mass is 16.5. The maximum Gasteiger partial charge on any atom is 0.553 e. The number of carbonyl (C=O) groups excluding carboxylic acids is 4. The molecule has 482 valence electrons. The van der Waals surface area contributed by atoms with Gasteiger partial charge in [-0.3, -0.25) is 19.2 Å². The zero-order chi connectivity index (χ0) is 67.1. The van der Waals surface area contributed by atoms with E-state index in [4.69, 9.17) is 18.9 Å². The molecule has 0 saturated carbocycles. The fourth-order valence-corrected chi connectivity index (χ4v) is 13.5. The van der Waals surface area contributed by atoms with Crippen LogP contribution >= 0.6 is 0 Å². The number of methoxy groups -OCH3 is 4. The minimum atomic E-state index is -1.36. The van der Waals surface area contributed by atoms with Crippen LogP contribution in [0.15, 0.2) is 133 Å². The molecular weight excluding hydrogens is 1160 g/mol.